The number of amides is 1. The highest BCUT2D eigenvalue weighted by molar-refractivity contribution is 5.97. The minimum atomic E-state index is -0.525. The maximum Gasteiger partial charge on any atom is 0.270 e. The van der Waals surface area contributed by atoms with E-state index in [1.54, 1.807) is 10.8 Å². The quantitative estimate of drug-likeness (QED) is 0.745. The van der Waals surface area contributed by atoms with E-state index in [0.29, 0.717) is 25.4 Å². The molecule has 0 atom stereocenters. The molecule has 31 heavy (non-hydrogen) atoms. The van der Waals surface area contributed by atoms with Crippen molar-refractivity contribution in [3.63, 3.8) is 0 Å². The van der Waals surface area contributed by atoms with Crippen molar-refractivity contribution in [2.24, 2.45) is 5.92 Å². The SMILES string of the molecule is CN1CC=C(c2cnn3c(O)c(C(=O)NC4CC4)c(=O)n(CC4CCOCC4)c23)CC1. The summed E-state index contributed by atoms with van der Waals surface area (Å²) < 4.78 is 8.49. The number of ether oxygens (including phenoxy) is 1. The molecule has 9 heteroatoms. The van der Waals surface area contributed by atoms with Crippen LogP contribution in [0.1, 0.15) is 48.0 Å². The fraction of sp³-hybridized carbons (Fsp3) is 0.591. The number of hydrogen-bond acceptors (Lipinski definition) is 6. The lowest BCUT2D eigenvalue weighted by Gasteiger charge is -2.25. The highest BCUT2D eigenvalue weighted by atomic mass is 16.5. The third kappa shape index (κ3) is 3.87. The summed E-state index contributed by atoms with van der Waals surface area (Å²) >= 11 is 0. The second-order valence-corrected chi connectivity index (χ2v) is 8.95. The van der Waals surface area contributed by atoms with Crippen molar-refractivity contribution < 1.29 is 14.6 Å². The molecule has 2 aromatic heterocycles. The minimum Gasteiger partial charge on any atom is -0.492 e. The highest BCUT2D eigenvalue weighted by Gasteiger charge is 2.31. The molecule has 0 radical (unpaired) electrons. The number of carbonyl (C=O) groups excluding carboxylic acids is 1. The third-order valence-electron chi connectivity index (χ3n) is 6.56. The van der Waals surface area contributed by atoms with Crippen molar-refractivity contribution in [3.05, 3.63) is 33.8 Å². The Bertz CT molecular complexity index is 1090. The van der Waals surface area contributed by atoms with Crippen LogP contribution in [-0.4, -0.2) is 69.5 Å². The molecular formula is C22H29N5O4. The Kier molecular flexibility index (Phi) is 5.31. The van der Waals surface area contributed by atoms with Gasteiger partial charge in [0.1, 0.15) is 5.65 Å². The molecule has 2 aromatic rings. The Balaban J connectivity index is 1.65. The molecule has 4 heterocycles. The largest absolute Gasteiger partial charge is 0.492 e. The van der Waals surface area contributed by atoms with Gasteiger partial charge in [0.25, 0.3) is 11.5 Å². The molecule has 2 N–H and O–H groups in total. The summed E-state index contributed by atoms with van der Waals surface area (Å²) in [5, 5.41) is 18.1. The zero-order chi connectivity index (χ0) is 21.5. The van der Waals surface area contributed by atoms with Crippen LogP contribution in [0.25, 0.3) is 11.2 Å². The molecule has 0 spiro atoms. The van der Waals surface area contributed by atoms with Crippen LogP contribution >= 0.6 is 0 Å². The summed E-state index contributed by atoms with van der Waals surface area (Å²) in [5.74, 6) is -0.641. The van der Waals surface area contributed by atoms with Crippen LogP contribution in [0.4, 0.5) is 0 Å². The van der Waals surface area contributed by atoms with Gasteiger partial charge in [-0.1, -0.05) is 6.08 Å². The predicted octanol–water partition coefficient (Wildman–Crippen LogP) is 1.24. The molecule has 0 aromatic carbocycles. The van der Waals surface area contributed by atoms with E-state index in [2.05, 4.69) is 28.4 Å². The first-order valence-corrected chi connectivity index (χ1v) is 11.1. The van der Waals surface area contributed by atoms with E-state index in [1.807, 2.05) is 0 Å². The second kappa shape index (κ2) is 8.12. The van der Waals surface area contributed by atoms with Crippen molar-refractivity contribution in [2.45, 2.75) is 44.7 Å². The van der Waals surface area contributed by atoms with Crippen molar-refractivity contribution in [3.8, 4) is 5.88 Å². The fourth-order valence-electron chi connectivity index (χ4n) is 4.47. The fourth-order valence-corrected chi connectivity index (χ4v) is 4.47. The van der Waals surface area contributed by atoms with Gasteiger partial charge in [-0.3, -0.25) is 14.2 Å². The summed E-state index contributed by atoms with van der Waals surface area (Å²) in [6.07, 6.45) is 8.22. The molecule has 2 aliphatic heterocycles. The third-order valence-corrected chi connectivity index (χ3v) is 6.56. The minimum absolute atomic E-state index is 0.0866. The van der Waals surface area contributed by atoms with Gasteiger partial charge in [0.15, 0.2) is 5.56 Å². The number of nitrogens with zero attached hydrogens (tertiary/aromatic N) is 4. The Labute approximate surface area is 180 Å². The number of hydrogen-bond donors (Lipinski definition) is 2. The lowest BCUT2D eigenvalue weighted by atomic mass is 9.99. The zero-order valence-electron chi connectivity index (χ0n) is 17.8. The van der Waals surface area contributed by atoms with Crippen LogP contribution in [0.5, 0.6) is 5.88 Å². The van der Waals surface area contributed by atoms with Gasteiger partial charge >= 0.3 is 0 Å². The number of nitrogens with one attached hydrogen (secondary N) is 1. The van der Waals surface area contributed by atoms with E-state index >= 15 is 0 Å². The number of fused-ring (bicyclic) bond motifs is 1. The molecule has 2 fully saturated rings. The molecule has 5 rings (SSSR count). The molecule has 3 aliphatic rings. The molecule has 0 bridgehead atoms. The number of aromatic nitrogens is 3. The first-order chi connectivity index (χ1) is 15.0. The Morgan fingerprint density at radius 1 is 1.29 bits per heavy atom. The zero-order valence-corrected chi connectivity index (χ0v) is 17.8. The molecule has 1 saturated heterocycles. The Hall–Kier alpha value is -2.65. The highest BCUT2D eigenvalue weighted by Crippen LogP contribution is 2.29. The number of likely N-dealkylation sites (N-methyl/N-ethyl adjacent to an activating group) is 1. The van der Waals surface area contributed by atoms with Gasteiger partial charge < -0.3 is 20.1 Å². The maximum absolute atomic E-state index is 13.5. The van der Waals surface area contributed by atoms with E-state index in [9.17, 15) is 14.7 Å². The summed E-state index contributed by atoms with van der Waals surface area (Å²) in [5.41, 5.74) is 1.85. The summed E-state index contributed by atoms with van der Waals surface area (Å²) in [4.78, 5) is 28.6. The molecule has 166 valence electrons. The summed E-state index contributed by atoms with van der Waals surface area (Å²) in [7, 11) is 2.07. The van der Waals surface area contributed by atoms with Crippen LogP contribution in [-0.2, 0) is 11.3 Å². The van der Waals surface area contributed by atoms with Crippen LogP contribution in [0.2, 0.25) is 0 Å². The topological polar surface area (TPSA) is 101 Å². The van der Waals surface area contributed by atoms with Gasteiger partial charge in [-0.15, -0.1) is 0 Å². The van der Waals surface area contributed by atoms with Gasteiger partial charge in [0.05, 0.1) is 6.20 Å². The van der Waals surface area contributed by atoms with E-state index < -0.39 is 11.5 Å². The maximum atomic E-state index is 13.5. The number of carbonyl (C=O) groups is 1. The van der Waals surface area contributed by atoms with Gasteiger partial charge in [-0.25, -0.2) is 0 Å². The van der Waals surface area contributed by atoms with Gasteiger partial charge in [-0.05, 0) is 50.6 Å². The number of rotatable bonds is 5. The van der Waals surface area contributed by atoms with Crippen molar-refractivity contribution in [2.75, 3.05) is 33.4 Å². The number of aromatic hydroxyl groups is 1. The van der Waals surface area contributed by atoms with Crippen molar-refractivity contribution >= 4 is 17.1 Å². The molecule has 9 nitrogen and oxygen atoms in total. The Morgan fingerprint density at radius 2 is 2.06 bits per heavy atom. The van der Waals surface area contributed by atoms with E-state index in [-0.39, 0.29) is 23.4 Å². The lowest BCUT2D eigenvalue weighted by Crippen LogP contribution is -2.37. The first-order valence-electron chi connectivity index (χ1n) is 11.1. The smallest absolute Gasteiger partial charge is 0.270 e. The van der Waals surface area contributed by atoms with Crippen molar-refractivity contribution in [1.82, 2.24) is 24.4 Å². The Morgan fingerprint density at radius 3 is 2.74 bits per heavy atom. The molecular weight excluding hydrogens is 398 g/mol. The van der Waals surface area contributed by atoms with Crippen LogP contribution < -0.4 is 10.9 Å². The van der Waals surface area contributed by atoms with Crippen LogP contribution in [0, 0.1) is 5.92 Å². The molecule has 1 saturated carbocycles. The molecule has 1 aliphatic carbocycles. The van der Waals surface area contributed by atoms with E-state index in [0.717, 1.165) is 56.3 Å². The average Bonchev–Trinajstić information content (AvgIpc) is 3.47. The second-order valence-electron chi connectivity index (χ2n) is 8.95. The molecule has 0 unspecified atom stereocenters. The summed E-state index contributed by atoms with van der Waals surface area (Å²) in [6, 6.07) is 0.0866. The monoisotopic (exact) mass is 427 g/mol. The normalized spacial score (nSPS) is 20.7. The lowest BCUT2D eigenvalue weighted by molar-refractivity contribution is 0.0611. The van der Waals surface area contributed by atoms with E-state index in [1.165, 1.54) is 4.52 Å². The molecule has 1 amide bonds. The van der Waals surface area contributed by atoms with Crippen LogP contribution in [0.3, 0.4) is 0 Å². The summed E-state index contributed by atoms with van der Waals surface area (Å²) in [6.45, 7) is 3.56. The van der Waals surface area contributed by atoms with Gasteiger partial charge in [0.2, 0.25) is 5.88 Å². The van der Waals surface area contributed by atoms with Gasteiger partial charge in [-0.2, -0.15) is 9.61 Å². The predicted molar refractivity (Wildman–Crippen MR) is 115 cm³/mol. The van der Waals surface area contributed by atoms with Crippen LogP contribution in [0.15, 0.2) is 17.1 Å². The first kappa shape index (κ1) is 20.3. The average molecular weight is 428 g/mol. The van der Waals surface area contributed by atoms with E-state index in [4.69, 9.17) is 4.74 Å². The van der Waals surface area contributed by atoms with Crippen molar-refractivity contribution in [1.29, 1.82) is 0 Å². The standard InChI is InChI=1S/C22H29N5O4/c1-25-8-4-15(5-9-25)17-12-23-27-20(17)26(13-14-6-10-31-11-7-14)21(29)18(22(27)30)19(28)24-16-2-3-16/h4,12,14,16,30H,2-3,5-11,13H2,1H3,(H,24,28). The van der Waals surface area contributed by atoms with Gasteiger partial charge in [0, 0.05) is 44.5 Å².